The number of aliphatic imine (C=N–C) groups is 1. The third kappa shape index (κ3) is 1.45. The van der Waals surface area contributed by atoms with Gasteiger partial charge in [0.15, 0.2) is 5.17 Å². The van der Waals surface area contributed by atoms with Gasteiger partial charge in [-0.3, -0.25) is 4.99 Å². The van der Waals surface area contributed by atoms with Crippen molar-refractivity contribution in [1.29, 1.82) is 0 Å². The van der Waals surface area contributed by atoms with Crippen LogP contribution in [0.5, 0.6) is 0 Å². The van der Waals surface area contributed by atoms with E-state index in [-0.39, 0.29) is 5.82 Å². The van der Waals surface area contributed by atoms with E-state index in [4.69, 9.17) is 0 Å². The van der Waals surface area contributed by atoms with Crippen molar-refractivity contribution in [3.63, 3.8) is 0 Å². The number of rotatable bonds is 1. The van der Waals surface area contributed by atoms with E-state index in [1.165, 1.54) is 6.07 Å². The van der Waals surface area contributed by atoms with Crippen molar-refractivity contribution in [3.8, 4) is 0 Å². The average molecular weight is 220 g/mol. The molecule has 2 nitrogen and oxygen atoms in total. The van der Waals surface area contributed by atoms with Gasteiger partial charge in [0.05, 0.1) is 12.2 Å². The minimum Gasteiger partial charge on any atom is -0.318 e. The van der Waals surface area contributed by atoms with Crippen molar-refractivity contribution in [2.75, 3.05) is 13.1 Å². The lowest BCUT2D eigenvalue weighted by atomic mass is 10.1. The van der Waals surface area contributed by atoms with Crippen molar-refractivity contribution < 1.29 is 4.39 Å². The van der Waals surface area contributed by atoms with E-state index < -0.39 is 0 Å². The molecule has 2 aliphatic rings. The molecule has 15 heavy (non-hydrogen) atoms. The van der Waals surface area contributed by atoms with Crippen LogP contribution in [0.4, 0.5) is 4.39 Å². The molecule has 1 aromatic carbocycles. The molecule has 0 N–H and O–H groups in total. The molecule has 0 atom stereocenters. The molecule has 2 aliphatic heterocycles. The number of thioether (sulfide) groups is 1. The van der Waals surface area contributed by atoms with Gasteiger partial charge in [0.1, 0.15) is 5.82 Å². The van der Waals surface area contributed by atoms with Crippen LogP contribution in [-0.2, 0) is 0 Å². The predicted octanol–water partition coefficient (Wildman–Crippen LogP) is 2.54. The van der Waals surface area contributed by atoms with E-state index in [1.807, 2.05) is 11.5 Å². The average Bonchev–Trinajstić information content (AvgIpc) is 2.77. The molecule has 0 saturated carbocycles. The first-order chi connectivity index (χ1) is 7.34. The second-order valence-corrected chi connectivity index (χ2v) is 4.28. The van der Waals surface area contributed by atoms with Crippen LogP contribution in [-0.4, -0.2) is 23.2 Å². The summed E-state index contributed by atoms with van der Waals surface area (Å²) in [6, 6.07) is 6.69. The largest absolute Gasteiger partial charge is 0.318 e. The van der Waals surface area contributed by atoms with Gasteiger partial charge in [-0.05, 0) is 12.1 Å². The van der Waals surface area contributed by atoms with Crippen LogP contribution >= 0.6 is 11.8 Å². The molecule has 0 aliphatic carbocycles. The summed E-state index contributed by atoms with van der Waals surface area (Å²) in [7, 11) is 0. The van der Waals surface area contributed by atoms with Crippen LogP contribution in [0.1, 0.15) is 5.56 Å². The number of nitrogens with zero attached hydrogens (tertiary/aromatic N) is 2. The third-order valence-corrected chi connectivity index (χ3v) is 3.39. The predicted molar refractivity (Wildman–Crippen MR) is 61.0 cm³/mol. The van der Waals surface area contributed by atoms with E-state index >= 15 is 0 Å². The quantitative estimate of drug-likeness (QED) is 0.722. The Hall–Kier alpha value is -1.29. The maximum atomic E-state index is 13.1. The maximum absolute atomic E-state index is 13.1. The summed E-state index contributed by atoms with van der Waals surface area (Å²) < 4.78 is 13.1. The summed E-state index contributed by atoms with van der Waals surface area (Å²) in [5.74, 6) is -0.192. The lowest BCUT2D eigenvalue weighted by molar-refractivity contribution is 0.622. The van der Waals surface area contributed by atoms with Gasteiger partial charge < -0.3 is 4.90 Å². The molecular weight excluding hydrogens is 211 g/mol. The van der Waals surface area contributed by atoms with Gasteiger partial charge in [-0.15, -0.1) is 0 Å². The Morgan fingerprint density at radius 3 is 3.20 bits per heavy atom. The van der Waals surface area contributed by atoms with Crippen LogP contribution in [0, 0.1) is 5.82 Å². The first kappa shape index (κ1) is 8.97. The summed E-state index contributed by atoms with van der Waals surface area (Å²) >= 11 is 1.61. The van der Waals surface area contributed by atoms with E-state index in [1.54, 1.807) is 23.9 Å². The second kappa shape index (κ2) is 3.38. The van der Waals surface area contributed by atoms with Crippen LogP contribution in [0.2, 0.25) is 0 Å². The molecule has 3 rings (SSSR count). The van der Waals surface area contributed by atoms with Gasteiger partial charge in [0.2, 0.25) is 0 Å². The Morgan fingerprint density at radius 2 is 2.33 bits per heavy atom. The Bertz CT molecular complexity index is 467. The summed E-state index contributed by atoms with van der Waals surface area (Å²) in [5.41, 5.74) is 1.99. The van der Waals surface area contributed by atoms with Gasteiger partial charge >= 0.3 is 0 Å². The van der Waals surface area contributed by atoms with E-state index in [0.29, 0.717) is 0 Å². The Labute approximate surface area is 91.5 Å². The fourth-order valence-corrected chi connectivity index (χ4v) is 2.76. The second-order valence-electron chi connectivity index (χ2n) is 3.45. The molecule has 1 aromatic rings. The van der Waals surface area contributed by atoms with Crippen LogP contribution < -0.4 is 0 Å². The van der Waals surface area contributed by atoms with Crippen LogP contribution in [0.3, 0.4) is 0 Å². The molecule has 0 fully saturated rings. The van der Waals surface area contributed by atoms with Gasteiger partial charge in [0, 0.05) is 17.5 Å². The fourth-order valence-electron chi connectivity index (χ4n) is 1.79. The SMILES string of the molecule is Fc1cccc(C2=CSC3=NCCN23)c1. The number of benzene rings is 1. The molecule has 0 radical (unpaired) electrons. The molecule has 0 bridgehead atoms. The zero-order valence-corrected chi connectivity index (χ0v) is 8.80. The van der Waals surface area contributed by atoms with E-state index in [0.717, 1.165) is 29.5 Å². The van der Waals surface area contributed by atoms with Gasteiger partial charge in [-0.1, -0.05) is 23.9 Å². The van der Waals surface area contributed by atoms with Crippen molar-refractivity contribution in [3.05, 3.63) is 41.1 Å². The number of fused-ring (bicyclic) bond motifs is 1. The molecule has 0 saturated heterocycles. The van der Waals surface area contributed by atoms with Crippen LogP contribution in [0.25, 0.3) is 5.70 Å². The Morgan fingerprint density at radius 1 is 1.40 bits per heavy atom. The number of hydrogen-bond acceptors (Lipinski definition) is 3. The molecule has 0 unspecified atom stereocenters. The normalized spacial score (nSPS) is 18.9. The van der Waals surface area contributed by atoms with Crippen molar-refractivity contribution in [2.45, 2.75) is 0 Å². The molecule has 0 spiro atoms. The lowest BCUT2D eigenvalue weighted by Gasteiger charge is -2.16. The van der Waals surface area contributed by atoms with E-state index in [2.05, 4.69) is 9.89 Å². The zero-order valence-electron chi connectivity index (χ0n) is 7.98. The molecule has 76 valence electrons. The summed E-state index contributed by atoms with van der Waals surface area (Å²) in [6.07, 6.45) is 0. The zero-order chi connectivity index (χ0) is 10.3. The minimum absolute atomic E-state index is 0.192. The molecule has 0 amide bonds. The molecule has 2 heterocycles. The monoisotopic (exact) mass is 220 g/mol. The Balaban J connectivity index is 1.99. The summed E-state index contributed by atoms with van der Waals surface area (Å²) in [4.78, 5) is 6.49. The maximum Gasteiger partial charge on any atom is 0.168 e. The first-order valence-electron chi connectivity index (χ1n) is 4.79. The first-order valence-corrected chi connectivity index (χ1v) is 5.67. The smallest absolute Gasteiger partial charge is 0.168 e. The third-order valence-electron chi connectivity index (χ3n) is 2.49. The van der Waals surface area contributed by atoms with Crippen LogP contribution in [0.15, 0.2) is 34.7 Å². The topological polar surface area (TPSA) is 15.6 Å². The molecule has 0 aromatic heterocycles. The number of amidine groups is 1. The minimum atomic E-state index is -0.192. The summed E-state index contributed by atoms with van der Waals surface area (Å²) in [6.45, 7) is 1.75. The highest BCUT2D eigenvalue weighted by Gasteiger charge is 2.26. The van der Waals surface area contributed by atoms with Crippen molar-refractivity contribution in [2.24, 2.45) is 4.99 Å². The standard InChI is InChI=1S/C11H9FN2S/c12-9-3-1-2-8(6-9)10-7-15-11-13-4-5-14(10)11/h1-3,6-7H,4-5H2. The highest BCUT2D eigenvalue weighted by molar-refractivity contribution is 8.16. The van der Waals surface area contributed by atoms with Crippen molar-refractivity contribution >= 4 is 22.6 Å². The fraction of sp³-hybridized carbons (Fsp3) is 0.182. The van der Waals surface area contributed by atoms with Gasteiger partial charge in [-0.25, -0.2) is 4.39 Å². The highest BCUT2D eigenvalue weighted by atomic mass is 32.2. The number of halogens is 1. The Kier molecular flexibility index (Phi) is 2.02. The molecular formula is C11H9FN2S. The van der Waals surface area contributed by atoms with Gasteiger partial charge in [0.25, 0.3) is 0 Å². The molecule has 4 heteroatoms. The number of hydrogen-bond donors (Lipinski definition) is 0. The van der Waals surface area contributed by atoms with E-state index in [9.17, 15) is 4.39 Å². The highest BCUT2D eigenvalue weighted by Crippen LogP contribution is 2.35. The lowest BCUT2D eigenvalue weighted by Crippen LogP contribution is -2.19. The van der Waals surface area contributed by atoms with Crippen molar-refractivity contribution in [1.82, 2.24) is 4.90 Å². The summed E-state index contributed by atoms with van der Waals surface area (Å²) in [5, 5.41) is 3.07. The van der Waals surface area contributed by atoms with Gasteiger partial charge in [-0.2, -0.15) is 0 Å².